The molecule has 2 aliphatic rings. The number of rotatable bonds is 4. The van der Waals surface area contributed by atoms with Gasteiger partial charge in [-0.1, -0.05) is 0 Å². The molecule has 4 heteroatoms. The van der Waals surface area contributed by atoms with Crippen molar-refractivity contribution in [2.75, 3.05) is 0 Å². The van der Waals surface area contributed by atoms with Crippen LogP contribution < -0.4 is 0 Å². The largest absolute Gasteiger partial charge is 0.147 e. The summed E-state index contributed by atoms with van der Waals surface area (Å²) in [6.45, 7) is 5.01. The molecule has 0 N–H and O–H groups in total. The minimum Gasteiger partial charge on any atom is -0.147 e. The first kappa shape index (κ1) is 21.9. The second kappa shape index (κ2) is 7.92. The fourth-order valence-corrected chi connectivity index (χ4v) is 27.0. The van der Waals surface area contributed by atoms with Crippen molar-refractivity contribution in [3.05, 3.63) is 82.9 Å². The van der Waals surface area contributed by atoms with Crippen molar-refractivity contribution in [1.29, 1.82) is 0 Å². The Kier molecular flexibility index (Phi) is 6.67. The van der Waals surface area contributed by atoms with Gasteiger partial charge >= 0.3 is 150 Å². The van der Waals surface area contributed by atoms with Crippen LogP contribution in [0, 0.1) is 0 Å². The Bertz CT molecular complexity index is 789. The van der Waals surface area contributed by atoms with Crippen molar-refractivity contribution in [2.45, 2.75) is 29.4 Å². The molecule has 0 bridgehead atoms. The maximum atomic E-state index is 2.59. The molecule has 0 saturated carbocycles. The van der Waals surface area contributed by atoms with Crippen molar-refractivity contribution in [1.82, 2.24) is 0 Å². The molecule has 2 atom stereocenters. The van der Waals surface area contributed by atoms with Gasteiger partial charge in [-0.25, -0.2) is 0 Å². The molecule has 2 aromatic rings. The molecule has 0 fully saturated rings. The molecule has 0 nitrogen and oxygen atoms in total. The predicted octanol–water partition coefficient (Wildman–Crippen LogP) is 6.21. The number of hydrogen-bond acceptors (Lipinski definition) is 0. The van der Waals surface area contributed by atoms with Crippen LogP contribution in [0.25, 0.3) is 12.2 Å². The summed E-state index contributed by atoms with van der Waals surface area (Å²) in [7, 11) is 1.38. The quantitative estimate of drug-likeness (QED) is 0.454. The van der Waals surface area contributed by atoms with Crippen LogP contribution in [-0.2, 0) is 17.9 Å². The molecule has 0 aliphatic heterocycles. The third-order valence-electron chi connectivity index (χ3n) is 7.48. The zero-order valence-corrected chi connectivity index (χ0v) is 21.9. The van der Waals surface area contributed by atoms with Crippen LogP contribution in [0.15, 0.2) is 60.7 Å². The van der Waals surface area contributed by atoms with Gasteiger partial charge in [0.05, 0.1) is 0 Å². The monoisotopic (exact) mass is 481 g/mol. The van der Waals surface area contributed by atoms with E-state index in [-0.39, 0.29) is 24.8 Å². The molecule has 0 radical (unpaired) electrons. The summed E-state index contributed by atoms with van der Waals surface area (Å²) in [5, 5.41) is 0. The maximum Gasteiger partial charge on any atom is -0.147 e. The van der Waals surface area contributed by atoms with E-state index in [4.69, 9.17) is 0 Å². The summed E-state index contributed by atoms with van der Waals surface area (Å²) in [6, 6.07) is 18.3. The molecule has 139 valence electrons. The Morgan fingerprint density at radius 3 is 1.50 bits per heavy atom. The Labute approximate surface area is 173 Å². The van der Waals surface area contributed by atoms with Crippen LogP contribution in [0.2, 0.25) is 8.26 Å². The number of fused-ring (bicyclic) bond motifs is 2. The number of benzene rings is 2. The molecule has 2 aliphatic carbocycles. The Morgan fingerprint density at radius 1 is 0.731 bits per heavy atom. The number of halogens is 2. The molecule has 0 saturated heterocycles. The van der Waals surface area contributed by atoms with Crippen LogP contribution in [0.3, 0.4) is 0 Å². The molecule has 0 aromatic heterocycles. The van der Waals surface area contributed by atoms with E-state index in [1.807, 2.05) is 0 Å². The van der Waals surface area contributed by atoms with E-state index in [0.29, 0.717) is 0 Å². The predicted molar refractivity (Wildman–Crippen MR) is 122 cm³/mol. The topological polar surface area (TPSA) is 0 Å². The molecular formula is C22H29Cl2SiZr. The summed E-state index contributed by atoms with van der Waals surface area (Å²) >= 11 is -3.03. The minimum absolute atomic E-state index is 0. The average molecular weight is 484 g/mol. The van der Waals surface area contributed by atoms with Gasteiger partial charge in [0.1, 0.15) is 0 Å². The molecule has 0 heterocycles. The standard InChI is InChI=1S/2C9H7.2C2H5.2ClH.H3Si.Zr/c2*1-2-5-9-7-3-6-8(9)4-1;2*1-2;;;;/h2*1-7H;2*1H2,2H3;2*1H;1H3;. The molecule has 2 aromatic carbocycles. The molecule has 4 rings (SSSR count). The van der Waals surface area contributed by atoms with Gasteiger partial charge in [0, 0.05) is 0 Å². The Hall–Kier alpha value is -0.400. The Balaban J connectivity index is 0.00000121. The third kappa shape index (κ3) is 2.98. The summed E-state index contributed by atoms with van der Waals surface area (Å²) in [6.07, 6.45) is 9.98. The van der Waals surface area contributed by atoms with Crippen LogP contribution >= 0.6 is 24.8 Å². The first-order chi connectivity index (χ1) is 11.6. The normalized spacial score (nSPS) is 21.2. The van der Waals surface area contributed by atoms with Gasteiger partial charge in [0.25, 0.3) is 0 Å². The number of allylic oxidation sites excluding steroid dienone is 2. The summed E-state index contributed by atoms with van der Waals surface area (Å²) in [5.41, 5.74) is 6.19. The Morgan fingerprint density at radius 2 is 1.12 bits per heavy atom. The van der Waals surface area contributed by atoms with Crippen molar-refractivity contribution in [3.63, 3.8) is 0 Å². The van der Waals surface area contributed by atoms with E-state index in [1.165, 1.54) is 26.8 Å². The van der Waals surface area contributed by atoms with Gasteiger partial charge in [-0.3, -0.25) is 0 Å². The second-order valence-electron chi connectivity index (χ2n) is 8.16. The fourth-order valence-electron chi connectivity index (χ4n) is 5.33. The van der Waals surface area contributed by atoms with Crippen molar-refractivity contribution < 1.29 is 17.9 Å². The second-order valence-corrected chi connectivity index (χ2v) is 42.3. The molecule has 2 unspecified atom stereocenters. The van der Waals surface area contributed by atoms with Gasteiger partial charge in [-0.05, 0) is 0 Å². The van der Waals surface area contributed by atoms with Gasteiger partial charge in [-0.15, -0.1) is 24.8 Å². The fraction of sp³-hybridized carbons (Fsp3) is 0.273. The summed E-state index contributed by atoms with van der Waals surface area (Å²) in [5.74, 6) is 0. The van der Waals surface area contributed by atoms with Gasteiger partial charge < -0.3 is 0 Å². The van der Waals surface area contributed by atoms with Gasteiger partial charge in [0.15, 0.2) is 0 Å². The van der Waals surface area contributed by atoms with Crippen LogP contribution in [-0.4, -0.2) is 7.37 Å². The van der Waals surface area contributed by atoms with Crippen molar-refractivity contribution in [2.24, 2.45) is 0 Å². The van der Waals surface area contributed by atoms with Crippen LogP contribution in [0.5, 0.6) is 0 Å². The van der Waals surface area contributed by atoms with Crippen LogP contribution in [0.4, 0.5) is 0 Å². The zero-order chi connectivity index (χ0) is 16.8. The summed E-state index contributed by atoms with van der Waals surface area (Å²) in [4.78, 5) is 0. The van der Waals surface area contributed by atoms with E-state index < -0.39 is 17.9 Å². The van der Waals surface area contributed by atoms with Crippen LogP contribution in [0.1, 0.15) is 43.4 Å². The molecule has 0 amide bonds. The number of hydrogen-bond donors (Lipinski definition) is 0. The maximum absolute atomic E-state index is 3.03. The third-order valence-corrected chi connectivity index (χ3v) is 44.8. The van der Waals surface area contributed by atoms with E-state index in [0.717, 1.165) is 7.25 Å². The van der Waals surface area contributed by atoms with Crippen molar-refractivity contribution in [3.8, 4) is 0 Å². The molecule has 0 spiro atoms. The van der Waals surface area contributed by atoms with E-state index in [9.17, 15) is 0 Å². The van der Waals surface area contributed by atoms with E-state index >= 15 is 0 Å². The molecule has 26 heavy (non-hydrogen) atoms. The van der Waals surface area contributed by atoms with Crippen molar-refractivity contribution >= 4 is 44.3 Å². The van der Waals surface area contributed by atoms with E-state index in [1.54, 1.807) is 11.1 Å². The average Bonchev–Trinajstić information content (AvgIpc) is 3.26. The first-order valence-electron chi connectivity index (χ1n) is 9.34. The first-order valence-corrected chi connectivity index (χ1v) is 24.0. The zero-order valence-electron chi connectivity index (χ0n) is 15.8. The smallest absolute Gasteiger partial charge is 0.147 e. The van der Waals surface area contributed by atoms with Gasteiger partial charge in [0.2, 0.25) is 0 Å². The minimum atomic E-state index is -3.03. The SMILES string of the molecule is C[CH2][Zr]([SiH3])([CH2]C)([CH]1C=Cc2ccccc21)[CH]1C=Cc2ccccc21.Cl.Cl. The van der Waals surface area contributed by atoms with E-state index in [2.05, 4.69) is 86.7 Å². The van der Waals surface area contributed by atoms with Gasteiger partial charge in [-0.2, -0.15) is 0 Å². The summed E-state index contributed by atoms with van der Waals surface area (Å²) < 4.78 is 4.31. The molecular weight excluding hydrogens is 454 g/mol.